The zero-order valence-electron chi connectivity index (χ0n) is 20.1. The molecule has 1 fully saturated rings. The summed E-state index contributed by atoms with van der Waals surface area (Å²) in [5.41, 5.74) is 4.41. The number of likely N-dealkylation sites (tertiary alicyclic amines) is 1. The minimum Gasteiger partial charge on any atom is -0.338 e. The standard InChI is InChI=1S/C27H34N4O2/c1-5-19-9-6-7-11-23(19)28-26(32)21-10-8-16-31(17-21)18-24-29-25(30-33-24)20-12-14-22(15-13-20)27(2,3)4/h6-7,9,11-15,21H,5,8,10,16-18H2,1-4H3,(H,28,32). The third kappa shape index (κ3) is 5.69. The van der Waals surface area contributed by atoms with Crippen molar-refractivity contribution in [2.24, 2.45) is 5.92 Å². The Balaban J connectivity index is 1.37. The first-order valence-electron chi connectivity index (χ1n) is 11.9. The number of hydrogen-bond acceptors (Lipinski definition) is 5. The number of carbonyl (C=O) groups excluding carboxylic acids is 1. The summed E-state index contributed by atoms with van der Waals surface area (Å²) in [7, 11) is 0. The summed E-state index contributed by atoms with van der Waals surface area (Å²) in [6.07, 6.45) is 2.76. The van der Waals surface area contributed by atoms with Crippen LogP contribution in [0.2, 0.25) is 0 Å². The molecule has 0 aliphatic carbocycles. The summed E-state index contributed by atoms with van der Waals surface area (Å²) in [4.78, 5) is 19.8. The van der Waals surface area contributed by atoms with Crippen molar-refractivity contribution in [3.8, 4) is 11.4 Å². The summed E-state index contributed by atoms with van der Waals surface area (Å²) in [5.74, 6) is 1.23. The van der Waals surface area contributed by atoms with Crippen LogP contribution in [0.5, 0.6) is 0 Å². The van der Waals surface area contributed by atoms with Gasteiger partial charge in [0.2, 0.25) is 17.6 Å². The van der Waals surface area contributed by atoms with E-state index >= 15 is 0 Å². The molecule has 1 unspecified atom stereocenters. The van der Waals surface area contributed by atoms with E-state index < -0.39 is 0 Å². The Hall–Kier alpha value is -2.99. The van der Waals surface area contributed by atoms with Crippen LogP contribution in [0, 0.1) is 5.92 Å². The maximum absolute atomic E-state index is 12.9. The summed E-state index contributed by atoms with van der Waals surface area (Å²) < 4.78 is 5.54. The zero-order chi connectivity index (χ0) is 23.4. The second kappa shape index (κ2) is 9.87. The molecule has 6 heteroatoms. The molecule has 0 radical (unpaired) electrons. The highest BCUT2D eigenvalue weighted by Crippen LogP contribution is 2.26. The molecule has 0 bridgehead atoms. The number of nitrogens with one attached hydrogen (secondary N) is 1. The number of nitrogens with zero attached hydrogens (tertiary/aromatic N) is 3. The Morgan fingerprint density at radius 1 is 1.15 bits per heavy atom. The van der Waals surface area contributed by atoms with Gasteiger partial charge in [0.05, 0.1) is 12.5 Å². The molecule has 1 saturated heterocycles. The Kier molecular flexibility index (Phi) is 6.94. The summed E-state index contributed by atoms with van der Waals surface area (Å²) in [6.45, 7) is 10.9. The molecular weight excluding hydrogens is 412 g/mol. The molecule has 0 spiro atoms. The van der Waals surface area contributed by atoms with Crippen LogP contribution in [0.25, 0.3) is 11.4 Å². The second-order valence-electron chi connectivity index (χ2n) is 9.91. The van der Waals surface area contributed by atoms with E-state index in [1.54, 1.807) is 0 Å². The fraction of sp³-hybridized carbons (Fsp3) is 0.444. The first kappa shape index (κ1) is 23.2. The lowest BCUT2D eigenvalue weighted by molar-refractivity contribution is -0.121. The lowest BCUT2D eigenvalue weighted by Gasteiger charge is -2.31. The number of para-hydroxylation sites is 1. The van der Waals surface area contributed by atoms with Crippen LogP contribution in [-0.4, -0.2) is 34.0 Å². The number of benzene rings is 2. The highest BCUT2D eigenvalue weighted by atomic mass is 16.5. The largest absolute Gasteiger partial charge is 0.338 e. The van der Waals surface area contributed by atoms with E-state index in [-0.39, 0.29) is 17.2 Å². The van der Waals surface area contributed by atoms with Gasteiger partial charge in [-0.1, -0.05) is 75.3 Å². The monoisotopic (exact) mass is 446 g/mol. The third-order valence-corrected chi connectivity index (χ3v) is 6.37. The molecule has 3 aromatic rings. The van der Waals surface area contributed by atoms with Gasteiger partial charge in [-0.2, -0.15) is 4.98 Å². The molecule has 174 valence electrons. The molecule has 6 nitrogen and oxygen atoms in total. The average molecular weight is 447 g/mol. The van der Waals surface area contributed by atoms with Crippen molar-refractivity contribution in [2.45, 2.75) is 58.9 Å². The molecule has 1 amide bonds. The topological polar surface area (TPSA) is 71.3 Å². The lowest BCUT2D eigenvalue weighted by Crippen LogP contribution is -2.40. The molecule has 0 saturated carbocycles. The number of piperidine rings is 1. The van der Waals surface area contributed by atoms with Crippen molar-refractivity contribution in [3.63, 3.8) is 0 Å². The first-order valence-corrected chi connectivity index (χ1v) is 11.9. The van der Waals surface area contributed by atoms with Gasteiger partial charge in [-0.05, 0) is 48.4 Å². The highest BCUT2D eigenvalue weighted by Gasteiger charge is 2.27. The average Bonchev–Trinajstić information content (AvgIpc) is 3.27. The maximum Gasteiger partial charge on any atom is 0.241 e. The third-order valence-electron chi connectivity index (χ3n) is 6.37. The minimum absolute atomic E-state index is 0.0454. The number of hydrogen-bond donors (Lipinski definition) is 1. The van der Waals surface area contributed by atoms with Crippen LogP contribution in [-0.2, 0) is 23.2 Å². The van der Waals surface area contributed by atoms with E-state index in [4.69, 9.17) is 4.52 Å². The van der Waals surface area contributed by atoms with E-state index in [1.165, 1.54) is 5.56 Å². The first-order chi connectivity index (χ1) is 15.8. The molecule has 1 atom stereocenters. The smallest absolute Gasteiger partial charge is 0.241 e. The van der Waals surface area contributed by atoms with Crippen molar-refractivity contribution in [2.75, 3.05) is 18.4 Å². The quantitative estimate of drug-likeness (QED) is 0.545. The van der Waals surface area contributed by atoms with E-state index in [0.29, 0.717) is 24.8 Å². The predicted molar refractivity (Wildman–Crippen MR) is 131 cm³/mol. The van der Waals surface area contributed by atoms with Gasteiger partial charge in [0.1, 0.15) is 0 Å². The Labute approximate surface area is 196 Å². The van der Waals surface area contributed by atoms with Crippen LogP contribution >= 0.6 is 0 Å². The number of aromatic nitrogens is 2. The summed E-state index contributed by atoms with van der Waals surface area (Å²) in [5, 5.41) is 7.32. The van der Waals surface area contributed by atoms with E-state index in [1.807, 2.05) is 30.3 Å². The van der Waals surface area contributed by atoms with Crippen molar-refractivity contribution in [1.29, 1.82) is 0 Å². The molecule has 4 rings (SSSR count). The fourth-order valence-electron chi connectivity index (χ4n) is 4.35. The predicted octanol–water partition coefficient (Wildman–Crippen LogP) is 5.45. The molecule has 1 aliphatic rings. The van der Waals surface area contributed by atoms with E-state index in [0.717, 1.165) is 42.6 Å². The maximum atomic E-state index is 12.9. The molecule has 2 aromatic carbocycles. The van der Waals surface area contributed by atoms with Crippen molar-refractivity contribution >= 4 is 11.6 Å². The number of rotatable bonds is 6. The number of aryl methyl sites for hydroxylation is 1. The van der Waals surface area contributed by atoms with Crippen LogP contribution in [0.15, 0.2) is 53.1 Å². The Bertz CT molecular complexity index is 1080. The van der Waals surface area contributed by atoms with Crippen LogP contribution in [0.1, 0.15) is 57.6 Å². The second-order valence-corrected chi connectivity index (χ2v) is 9.91. The van der Waals surface area contributed by atoms with Gasteiger partial charge in [-0.3, -0.25) is 9.69 Å². The van der Waals surface area contributed by atoms with Gasteiger partial charge in [0.25, 0.3) is 0 Å². The van der Waals surface area contributed by atoms with Gasteiger partial charge >= 0.3 is 0 Å². The fourth-order valence-corrected chi connectivity index (χ4v) is 4.35. The van der Waals surface area contributed by atoms with Crippen LogP contribution < -0.4 is 5.32 Å². The summed E-state index contributed by atoms with van der Waals surface area (Å²) in [6, 6.07) is 16.3. The number of anilines is 1. The van der Waals surface area contributed by atoms with Crippen molar-refractivity contribution in [1.82, 2.24) is 15.0 Å². The Morgan fingerprint density at radius 3 is 2.64 bits per heavy atom. The highest BCUT2D eigenvalue weighted by molar-refractivity contribution is 5.93. The molecule has 33 heavy (non-hydrogen) atoms. The molecular formula is C27H34N4O2. The zero-order valence-corrected chi connectivity index (χ0v) is 20.1. The number of amides is 1. The normalized spacial score (nSPS) is 17.2. The van der Waals surface area contributed by atoms with Crippen LogP contribution in [0.3, 0.4) is 0 Å². The SMILES string of the molecule is CCc1ccccc1NC(=O)C1CCCN(Cc2nc(-c3ccc(C(C)(C)C)cc3)no2)C1. The minimum atomic E-state index is -0.0454. The van der Waals surface area contributed by atoms with Crippen molar-refractivity contribution < 1.29 is 9.32 Å². The van der Waals surface area contributed by atoms with Gasteiger partial charge in [-0.15, -0.1) is 0 Å². The van der Waals surface area contributed by atoms with Gasteiger partial charge in [0.15, 0.2) is 0 Å². The molecule has 2 heterocycles. The molecule has 1 N–H and O–H groups in total. The van der Waals surface area contributed by atoms with E-state index in [2.05, 4.69) is 66.3 Å². The lowest BCUT2D eigenvalue weighted by atomic mass is 9.87. The van der Waals surface area contributed by atoms with Gasteiger partial charge < -0.3 is 9.84 Å². The van der Waals surface area contributed by atoms with Gasteiger partial charge in [0, 0.05) is 17.8 Å². The molecule has 1 aromatic heterocycles. The molecule has 1 aliphatic heterocycles. The number of carbonyl (C=O) groups is 1. The van der Waals surface area contributed by atoms with E-state index in [9.17, 15) is 4.79 Å². The summed E-state index contributed by atoms with van der Waals surface area (Å²) >= 11 is 0. The van der Waals surface area contributed by atoms with Crippen LogP contribution in [0.4, 0.5) is 5.69 Å². The van der Waals surface area contributed by atoms with Gasteiger partial charge in [-0.25, -0.2) is 0 Å². The van der Waals surface area contributed by atoms with Crippen molar-refractivity contribution in [3.05, 3.63) is 65.5 Å². The Morgan fingerprint density at radius 2 is 1.91 bits per heavy atom.